The normalized spacial score (nSPS) is 19.4. The summed E-state index contributed by atoms with van der Waals surface area (Å²) < 4.78 is 50.0. The van der Waals surface area contributed by atoms with Crippen molar-refractivity contribution in [3.63, 3.8) is 0 Å². The van der Waals surface area contributed by atoms with E-state index in [1.165, 1.54) is 30.3 Å². The van der Waals surface area contributed by atoms with Crippen LogP contribution < -0.4 is 10.2 Å². The number of rotatable bonds is 4. The maximum Gasteiger partial charge on any atom is 0.435 e. The van der Waals surface area contributed by atoms with Crippen molar-refractivity contribution in [2.75, 3.05) is 4.90 Å². The number of carbonyl (C=O) groups is 2. The van der Waals surface area contributed by atoms with E-state index in [0.29, 0.717) is 10.5 Å². The summed E-state index contributed by atoms with van der Waals surface area (Å²) in [4.78, 5) is 27.7. The van der Waals surface area contributed by atoms with E-state index in [4.69, 9.17) is 4.74 Å². The van der Waals surface area contributed by atoms with Crippen LogP contribution in [-0.2, 0) is 26.6 Å². The van der Waals surface area contributed by atoms with E-state index in [-0.39, 0.29) is 22.9 Å². The van der Waals surface area contributed by atoms with Gasteiger partial charge in [-0.05, 0) is 17.7 Å². The molecule has 2 heterocycles. The Kier molecular flexibility index (Phi) is 5.36. The maximum atomic E-state index is 14.9. The standard InChI is InChI=1S/C25H17F3N2O3S/c26-25(27,28)24(17-11-5-2-6-12-17)29-21(31)20(23(32)33-15-16-9-3-1-4-10-16)22-30(24)18-13-7-8-14-19(18)34-22/h1-14H,15H2,(H,29,31). The molecule has 5 rings (SSSR count). The molecule has 1 atom stereocenters. The molecule has 9 heteroatoms. The van der Waals surface area contributed by atoms with Gasteiger partial charge in [-0.1, -0.05) is 84.6 Å². The highest BCUT2D eigenvalue weighted by atomic mass is 32.2. The van der Waals surface area contributed by atoms with Crippen molar-refractivity contribution in [1.82, 2.24) is 5.32 Å². The van der Waals surface area contributed by atoms with Gasteiger partial charge in [0.25, 0.3) is 5.91 Å². The highest BCUT2D eigenvalue weighted by Gasteiger charge is 2.66. The number of carbonyl (C=O) groups excluding carboxylic acids is 2. The Labute approximate surface area is 197 Å². The lowest BCUT2D eigenvalue weighted by atomic mass is 9.92. The fourth-order valence-electron chi connectivity index (χ4n) is 4.08. The van der Waals surface area contributed by atoms with Gasteiger partial charge in [-0.25, -0.2) is 4.79 Å². The van der Waals surface area contributed by atoms with Crippen LogP contribution >= 0.6 is 11.8 Å². The van der Waals surface area contributed by atoms with Crippen molar-refractivity contribution in [1.29, 1.82) is 0 Å². The molecule has 0 saturated heterocycles. The summed E-state index contributed by atoms with van der Waals surface area (Å²) in [7, 11) is 0. The first-order valence-corrected chi connectivity index (χ1v) is 11.1. The molecule has 0 aromatic heterocycles. The molecule has 0 fully saturated rings. The predicted octanol–water partition coefficient (Wildman–Crippen LogP) is 5.10. The molecule has 34 heavy (non-hydrogen) atoms. The van der Waals surface area contributed by atoms with E-state index in [0.717, 1.165) is 16.7 Å². The van der Waals surface area contributed by atoms with Crippen LogP contribution in [0.3, 0.4) is 0 Å². The summed E-state index contributed by atoms with van der Waals surface area (Å²) in [6.45, 7) is -0.121. The number of anilines is 1. The third-order valence-electron chi connectivity index (χ3n) is 5.61. The minimum absolute atomic E-state index is 0.121. The molecule has 3 aromatic rings. The number of nitrogens with one attached hydrogen (secondary N) is 1. The Bertz CT molecular complexity index is 1300. The van der Waals surface area contributed by atoms with Gasteiger partial charge >= 0.3 is 12.1 Å². The Balaban J connectivity index is 1.66. The fraction of sp³-hybridized carbons (Fsp3) is 0.120. The number of ether oxygens (including phenoxy) is 1. The van der Waals surface area contributed by atoms with Crippen molar-refractivity contribution in [2.24, 2.45) is 0 Å². The fourth-order valence-corrected chi connectivity index (χ4v) is 5.30. The van der Waals surface area contributed by atoms with Crippen LogP contribution in [0.15, 0.2) is 100 Å². The number of fused-ring (bicyclic) bond motifs is 3. The molecular formula is C25H17F3N2O3S. The minimum Gasteiger partial charge on any atom is -0.457 e. The molecule has 1 amide bonds. The third kappa shape index (κ3) is 3.43. The second-order valence-electron chi connectivity index (χ2n) is 7.68. The molecule has 0 aliphatic carbocycles. The molecular weight excluding hydrogens is 465 g/mol. The average molecular weight is 482 g/mol. The van der Waals surface area contributed by atoms with E-state index in [1.807, 2.05) is 0 Å². The zero-order chi connectivity index (χ0) is 23.9. The topological polar surface area (TPSA) is 58.6 Å². The number of hydrogen-bond donors (Lipinski definition) is 1. The zero-order valence-electron chi connectivity index (χ0n) is 17.5. The van der Waals surface area contributed by atoms with Crippen LogP contribution in [0.1, 0.15) is 11.1 Å². The molecule has 5 nitrogen and oxygen atoms in total. The lowest BCUT2D eigenvalue weighted by Crippen LogP contribution is -2.68. The smallest absolute Gasteiger partial charge is 0.435 e. The molecule has 1 N–H and O–H groups in total. The van der Waals surface area contributed by atoms with Crippen molar-refractivity contribution < 1.29 is 27.5 Å². The van der Waals surface area contributed by atoms with E-state index in [2.05, 4.69) is 5.32 Å². The first-order valence-electron chi connectivity index (χ1n) is 10.3. The van der Waals surface area contributed by atoms with Gasteiger partial charge in [-0.15, -0.1) is 0 Å². The van der Waals surface area contributed by atoms with Gasteiger partial charge in [0, 0.05) is 10.5 Å². The monoisotopic (exact) mass is 482 g/mol. The number of nitrogens with zero attached hydrogens (tertiary/aromatic N) is 1. The number of hydrogen-bond acceptors (Lipinski definition) is 5. The second-order valence-corrected chi connectivity index (χ2v) is 8.71. The molecule has 2 aliphatic heterocycles. The third-order valence-corrected chi connectivity index (χ3v) is 6.75. The van der Waals surface area contributed by atoms with Crippen molar-refractivity contribution in [2.45, 2.75) is 23.3 Å². The molecule has 0 bridgehead atoms. The number of thioether (sulfide) groups is 1. The molecule has 1 unspecified atom stereocenters. The van der Waals surface area contributed by atoms with Crippen LogP contribution in [0.5, 0.6) is 0 Å². The number of benzene rings is 3. The summed E-state index contributed by atoms with van der Waals surface area (Å²) in [5, 5.41) is 2.00. The Morgan fingerprint density at radius 1 is 0.941 bits per heavy atom. The maximum absolute atomic E-state index is 14.9. The van der Waals surface area contributed by atoms with Gasteiger partial charge < -0.3 is 10.1 Å². The summed E-state index contributed by atoms with van der Waals surface area (Å²) in [6.07, 6.45) is -4.92. The summed E-state index contributed by atoms with van der Waals surface area (Å²) in [5.41, 5.74) is -2.62. The van der Waals surface area contributed by atoms with Crippen LogP contribution in [0, 0.1) is 0 Å². The summed E-state index contributed by atoms with van der Waals surface area (Å²) >= 11 is 0.939. The van der Waals surface area contributed by atoms with Gasteiger partial charge in [0.05, 0.1) is 5.69 Å². The van der Waals surface area contributed by atoms with E-state index < -0.39 is 29.3 Å². The van der Waals surface area contributed by atoms with E-state index >= 15 is 0 Å². The average Bonchev–Trinajstić information content (AvgIpc) is 3.22. The van der Waals surface area contributed by atoms with Gasteiger partial charge in [-0.3, -0.25) is 9.69 Å². The Hall–Kier alpha value is -3.72. The lowest BCUT2D eigenvalue weighted by Gasteiger charge is -2.47. The van der Waals surface area contributed by atoms with Crippen LogP contribution in [0.4, 0.5) is 18.9 Å². The largest absolute Gasteiger partial charge is 0.457 e. The summed E-state index contributed by atoms with van der Waals surface area (Å²) in [5.74, 6) is -2.14. The molecule has 3 aromatic carbocycles. The number of halogens is 3. The molecule has 0 radical (unpaired) electrons. The highest BCUT2D eigenvalue weighted by Crippen LogP contribution is 2.57. The summed E-state index contributed by atoms with van der Waals surface area (Å²) in [6, 6.07) is 22.4. The van der Waals surface area contributed by atoms with Gasteiger partial charge in [0.2, 0.25) is 5.66 Å². The van der Waals surface area contributed by atoms with Crippen molar-refractivity contribution in [3.05, 3.63) is 107 Å². The quantitative estimate of drug-likeness (QED) is 0.414. The Morgan fingerprint density at radius 3 is 2.24 bits per heavy atom. The van der Waals surface area contributed by atoms with Crippen molar-refractivity contribution >= 4 is 29.3 Å². The first kappa shape index (κ1) is 22.1. The van der Waals surface area contributed by atoms with Gasteiger partial charge in [0.15, 0.2) is 5.57 Å². The first-order chi connectivity index (χ1) is 16.3. The van der Waals surface area contributed by atoms with Crippen LogP contribution in [0.2, 0.25) is 0 Å². The second kappa shape index (κ2) is 8.25. The number of esters is 1. The molecule has 2 aliphatic rings. The van der Waals surface area contributed by atoms with Crippen LogP contribution in [0.25, 0.3) is 0 Å². The molecule has 0 saturated carbocycles. The van der Waals surface area contributed by atoms with Gasteiger partial charge in [-0.2, -0.15) is 13.2 Å². The lowest BCUT2D eigenvalue weighted by molar-refractivity contribution is -0.202. The number of alkyl halides is 3. The van der Waals surface area contributed by atoms with E-state index in [1.54, 1.807) is 54.6 Å². The SMILES string of the molecule is O=C1NC(c2ccccc2)(C(F)(F)F)N2C(=C1C(=O)OCc1ccccc1)Sc1ccccc12. The van der Waals surface area contributed by atoms with Crippen LogP contribution in [-0.4, -0.2) is 18.1 Å². The Morgan fingerprint density at radius 2 is 1.56 bits per heavy atom. The predicted molar refractivity (Wildman–Crippen MR) is 120 cm³/mol. The highest BCUT2D eigenvalue weighted by molar-refractivity contribution is 8.03. The molecule has 0 spiro atoms. The number of para-hydroxylation sites is 1. The minimum atomic E-state index is -4.92. The van der Waals surface area contributed by atoms with Gasteiger partial charge in [0.1, 0.15) is 11.6 Å². The molecule has 172 valence electrons. The number of amides is 1. The van der Waals surface area contributed by atoms with Crippen molar-refractivity contribution in [3.8, 4) is 0 Å². The van der Waals surface area contributed by atoms with E-state index in [9.17, 15) is 22.8 Å². The zero-order valence-corrected chi connectivity index (χ0v) is 18.3.